The van der Waals surface area contributed by atoms with E-state index in [1.807, 2.05) is 12.1 Å². The third-order valence-electron chi connectivity index (χ3n) is 5.99. The minimum Gasteiger partial charge on any atom is -0.317 e. The highest BCUT2D eigenvalue weighted by molar-refractivity contribution is 6.08. The molecule has 5 heteroatoms. The number of amides is 1. The zero-order valence-electron chi connectivity index (χ0n) is 15.7. The van der Waals surface area contributed by atoms with Crippen LogP contribution in [-0.2, 0) is 5.41 Å². The lowest BCUT2D eigenvalue weighted by atomic mass is 9.74. The van der Waals surface area contributed by atoms with Gasteiger partial charge in [-0.3, -0.25) is 4.79 Å². The summed E-state index contributed by atoms with van der Waals surface area (Å²) in [6, 6.07) is 9.70. The van der Waals surface area contributed by atoms with Crippen molar-refractivity contribution in [2.45, 2.75) is 38.0 Å². The van der Waals surface area contributed by atoms with E-state index in [0.29, 0.717) is 12.5 Å². The monoisotopic (exact) mass is 370 g/mol. The van der Waals surface area contributed by atoms with Gasteiger partial charge in [0.2, 0.25) is 0 Å². The molecule has 0 atom stereocenters. The maximum Gasteiger partial charge on any atom is 0.264 e. The zero-order valence-corrected chi connectivity index (χ0v) is 15.7. The van der Waals surface area contributed by atoms with Gasteiger partial charge in [-0.25, -0.2) is 8.78 Å². The molecule has 1 saturated heterocycles. The molecule has 0 aliphatic carbocycles. The van der Waals surface area contributed by atoms with Gasteiger partial charge in [-0.15, -0.1) is 0 Å². The molecule has 1 amide bonds. The van der Waals surface area contributed by atoms with Crippen molar-refractivity contribution in [3.05, 3.63) is 64.7 Å². The van der Waals surface area contributed by atoms with Crippen molar-refractivity contribution < 1.29 is 13.6 Å². The van der Waals surface area contributed by atoms with Crippen LogP contribution in [0.2, 0.25) is 0 Å². The van der Waals surface area contributed by atoms with E-state index in [9.17, 15) is 13.6 Å². The first-order valence-corrected chi connectivity index (χ1v) is 9.54. The number of benzene rings is 2. The fourth-order valence-electron chi connectivity index (χ4n) is 4.40. The molecular weight excluding hydrogens is 346 g/mol. The molecule has 0 unspecified atom stereocenters. The van der Waals surface area contributed by atoms with Crippen molar-refractivity contribution >= 4 is 11.6 Å². The van der Waals surface area contributed by atoms with E-state index in [1.54, 1.807) is 4.90 Å². The summed E-state index contributed by atoms with van der Waals surface area (Å²) in [6.07, 6.45) is 1.82. The summed E-state index contributed by atoms with van der Waals surface area (Å²) in [4.78, 5) is 14.7. The van der Waals surface area contributed by atoms with Gasteiger partial charge in [0.1, 0.15) is 17.2 Å². The zero-order chi connectivity index (χ0) is 19.2. The number of rotatable bonds is 2. The fraction of sp³-hybridized carbons (Fsp3) is 0.409. The molecule has 4 rings (SSSR count). The van der Waals surface area contributed by atoms with Crippen molar-refractivity contribution in [1.29, 1.82) is 0 Å². The van der Waals surface area contributed by atoms with Crippen LogP contribution in [0.3, 0.4) is 0 Å². The van der Waals surface area contributed by atoms with Crippen molar-refractivity contribution in [2.75, 3.05) is 24.5 Å². The molecule has 2 aromatic rings. The van der Waals surface area contributed by atoms with Crippen molar-refractivity contribution in [2.24, 2.45) is 0 Å². The normalized spacial score (nSPS) is 18.2. The summed E-state index contributed by atoms with van der Waals surface area (Å²) in [5.41, 5.74) is 2.53. The SMILES string of the molecule is CC(C)c1ccc2c(c1)C1(CCNCC1)CN2C(=O)c1c(F)cccc1F. The topological polar surface area (TPSA) is 32.3 Å². The van der Waals surface area contributed by atoms with Crippen LogP contribution in [0.4, 0.5) is 14.5 Å². The molecule has 2 heterocycles. The lowest BCUT2D eigenvalue weighted by Gasteiger charge is -2.35. The van der Waals surface area contributed by atoms with Gasteiger partial charge in [-0.05, 0) is 61.2 Å². The van der Waals surface area contributed by atoms with E-state index < -0.39 is 23.1 Å². The van der Waals surface area contributed by atoms with Gasteiger partial charge in [0.25, 0.3) is 5.91 Å². The highest BCUT2D eigenvalue weighted by atomic mass is 19.1. The number of carbonyl (C=O) groups is 1. The summed E-state index contributed by atoms with van der Waals surface area (Å²) in [6.45, 7) is 6.51. The molecule has 3 nitrogen and oxygen atoms in total. The second kappa shape index (κ2) is 6.71. The van der Waals surface area contributed by atoms with Crippen molar-refractivity contribution in [1.82, 2.24) is 5.32 Å². The van der Waals surface area contributed by atoms with Crippen LogP contribution < -0.4 is 10.2 Å². The van der Waals surface area contributed by atoms with Crippen LogP contribution >= 0.6 is 0 Å². The molecule has 2 aromatic carbocycles. The van der Waals surface area contributed by atoms with Crippen molar-refractivity contribution in [3.8, 4) is 0 Å². The number of hydrogen-bond donors (Lipinski definition) is 1. The standard InChI is InChI=1S/C22H24F2N2O/c1-14(2)15-6-7-19-16(12-15)22(8-10-25-11-9-22)13-26(19)21(27)20-17(23)4-3-5-18(20)24/h3-7,12,14,25H,8-11,13H2,1-2H3. The van der Waals surface area contributed by atoms with Gasteiger partial charge >= 0.3 is 0 Å². The number of anilines is 1. The lowest BCUT2D eigenvalue weighted by molar-refractivity contribution is 0.0974. The van der Waals surface area contributed by atoms with Gasteiger partial charge in [-0.2, -0.15) is 0 Å². The first-order valence-electron chi connectivity index (χ1n) is 9.54. The Morgan fingerprint density at radius 1 is 1.11 bits per heavy atom. The molecule has 142 valence electrons. The number of piperidine rings is 1. The Morgan fingerprint density at radius 3 is 2.41 bits per heavy atom. The molecule has 0 saturated carbocycles. The summed E-state index contributed by atoms with van der Waals surface area (Å²) in [5.74, 6) is -1.85. The summed E-state index contributed by atoms with van der Waals surface area (Å²) < 4.78 is 28.5. The minimum absolute atomic E-state index is 0.150. The van der Waals surface area contributed by atoms with E-state index in [4.69, 9.17) is 0 Å². The third-order valence-corrected chi connectivity index (χ3v) is 5.99. The first-order chi connectivity index (χ1) is 12.9. The van der Waals surface area contributed by atoms with Gasteiger partial charge in [0.15, 0.2) is 0 Å². The van der Waals surface area contributed by atoms with Gasteiger partial charge in [0, 0.05) is 17.6 Å². The Balaban J connectivity index is 1.81. The van der Waals surface area contributed by atoms with E-state index >= 15 is 0 Å². The Bertz CT molecular complexity index is 868. The molecule has 1 N–H and O–H groups in total. The predicted octanol–water partition coefficient (Wildman–Crippen LogP) is 4.37. The number of carbonyl (C=O) groups excluding carboxylic acids is 1. The average Bonchev–Trinajstić information content (AvgIpc) is 2.95. The van der Waals surface area contributed by atoms with Gasteiger partial charge in [-0.1, -0.05) is 32.0 Å². The van der Waals surface area contributed by atoms with Crippen LogP contribution in [0.1, 0.15) is 54.1 Å². The average molecular weight is 370 g/mol. The quantitative estimate of drug-likeness (QED) is 0.851. The highest BCUT2D eigenvalue weighted by Gasteiger charge is 2.46. The van der Waals surface area contributed by atoms with Crippen LogP contribution in [0.15, 0.2) is 36.4 Å². The van der Waals surface area contributed by atoms with E-state index in [0.717, 1.165) is 49.3 Å². The van der Waals surface area contributed by atoms with Gasteiger partial charge < -0.3 is 10.2 Å². The second-order valence-electron chi connectivity index (χ2n) is 7.95. The number of nitrogens with one attached hydrogen (secondary N) is 1. The molecule has 1 spiro atoms. The van der Waals surface area contributed by atoms with Crippen LogP contribution in [0.25, 0.3) is 0 Å². The maximum absolute atomic E-state index is 14.2. The smallest absolute Gasteiger partial charge is 0.264 e. The molecule has 0 bridgehead atoms. The van der Waals surface area contributed by atoms with Crippen LogP contribution in [-0.4, -0.2) is 25.5 Å². The summed E-state index contributed by atoms with van der Waals surface area (Å²) in [5, 5.41) is 3.37. The van der Waals surface area contributed by atoms with E-state index in [2.05, 4.69) is 25.2 Å². The summed E-state index contributed by atoms with van der Waals surface area (Å²) in [7, 11) is 0. The molecule has 0 aromatic heterocycles. The highest BCUT2D eigenvalue weighted by Crippen LogP contribution is 2.47. The molecule has 2 aliphatic heterocycles. The first kappa shape index (κ1) is 18.1. The number of hydrogen-bond acceptors (Lipinski definition) is 2. The largest absolute Gasteiger partial charge is 0.317 e. The maximum atomic E-state index is 14.2. The molecular formula is C22H24F2N2O. The molecule has 0 radical (unpaired) electrons. The van der Waals surface area contributed by atoms with E-state index in [1.165, 1.54) is 11.6 Å². The van der Waals surface area contributed by atoms with E-state index in [-0.39, 0.29) is 5.41 Å². The summed E-state index contributed by atoms with van der Waals surface area (Å²) >= 11 is 0. The minimum atomic E-state index is -0.813. The number of fused-ring (bicyclic) bond motifs is 2. The van der Waals surface area contributed by atoms with Crippen molar-refractivity contribution in [3.63, 3.8) is 0 Å². The Labute approximate surface area is 158 Å². The Hall–Kier alpha value is -2.27. The number of halogens is 2. The predicted molar refractivity (Wildman–Crippen MR) is 102 cm³/mol. The van der Waals surface area contributed by atoms with Gasteiger partial charge in [0.05, 0.1) is 0 Å². The molecule has 1 fully saturated rings. The van der Waals surface area contributed by atoms with Crippen LogP contribution in [0, 0.1) is 11.6 Å². The lowest BCUT2D eigenvalue weighted by Crippen LogP contribution is -2.44. The van der Waals surface area contributed by atoms with Crippen LogP contribution in [0.5, 0.6) is 0 Å². The second-order valence-corrected chi connectivity index (χ2v) is 7.95. The molecule has 27 heavy (non-hydrogen) atoms. The third kappa shape index (κ3) is 2.94. The Kier molecular flexibility index (Phi) is 4.50. The molecule has 2 aliphatic rings. The Morgan fingerprint density at radius 2 is 1.78 bits per heavy atom. The fourth-order valence-corrected chi connectivity index (χ4v) is 4.40. The number of nitrogens with zero attached hydrogens (tertiary/aromatic N) is 1.